The Morgan fingerprint density at radius 3 is 0.714 bits per heavy atom. The third-order valence-corrected chi connectivity index (χ3v) is 2.06. The van der Waals surface area contributed by atoms with Crippen LogP contribution in [0.1, 0.15) is 41.5 Å². The number of hydrogen-bond acceptors (Lipinski definition) is 0. The second-order valence-electron chi connectivity index (χ2n) is 3.25. The van der Waals surface area contributed by atoms with Gasteiger partial charge >= 0.3 is 21.7 Å². The van der Waals surface area contributed by atoms with Crippen LogP contribution in [-0.4, -0.2) is 0 Å². The molecule has 0 saturated carbocycles. The van der Waals surface area contributed by atoms with Crippen molar-refractivity contribution in [1.29, 1.82) is 0 Å². The molecule has 0 aromatic rings. The molecule has 0 amide bonds. The van der Waals surface area contributed by atoms with E-state index in [1.165, 1.54) is 22.3 Å². The van der Waals surface area contributed by atoms with Gasteiger partial charge in [-0.1, -0.05) is 11.1 Å². The van der Waals surface area contributed by atoms with Crippen LogP contribution in [0.4, 0.5) is 0 Å². The molecule has 0 aliphatic rings. The van der Waals surface area contributed by atoms with Crippen molar-refractivity contribution < 1.29 is 58.9 Å². The summed E-state index contributed by atoms with van der Waals surface area (Å²) in [5.74, 6) is 0. The maximum Gasteiger partial charge on any atom is 3.00 e. The van der Waals surface area contributed by atoms with Gasteiger partial charge in [-0.3, -0.25) is 0 Å². The third kappa shape index (κ3) is 11.1. The van der Waals surface area contributed by atoms with Crippen LogP contribution in [0, 0.1) is 0 Å². The molecule has 0 N–H and O–H groups in total. The van der Waals surface area contributed by atoms with Gasteiger partial charge in [0.05, 0.1) is 0 Å². The molecule has 0 heterocycles. The summed E-state index contributed by atoms with van der Waals surface area (Å²) >= 11 is 0. The smallest absolute Gasteiger partial charge is 1.00 e. The zero-order valence-corrected chi connectivity index (χ0v) is 13.5. The van der Waals surface area contributed by atoms with Crippen LogP contribution in [0.2, 0.25) is 0 Å². The maximum atomic E-state index is 2.18. The second-order valence-corrected chi connectivity index (χ2v) is 3.25. The molecule has 0 bridgehead atoms. The Hall–Kier alpha value is 1.06. The first-order chi connectivity index (χ1) is 4.46. The van der Waals surface area contributed by atoms with E-state index in [1.807, 2.05) is 0 Å². The van der Waals surface area contributed by atoms with E-state index in [1.54, 1.807) is 0 Å². The van der Waals surface area contributed by atoms with Gasteiger partial charge in [0.25, 0.3) is 0 Å². The molecule has 0 unspecified atom stereocenters. The van der Waals surface area contributed by atoms with Crippen LogP contribution in [-0.2, 0) is 21.7 Å². The minimum atomic E-state index is 0. The summed E-state index contributed by atoms with van der Waals surface area (Å²) in [6.45, 7) is 13.0. The van der Waals surface area contributed by atoms with E-state index in [2.05, 4.69) is 41.5 Å². The summed E-state index contributed by atoms with van der Waals surface area (Å²) in [5, 5.41) is 0. The molecule has 0 spiro atoms. The summed E-state index contributed by atoms with van der Waals surface area (Å²) in [6, 6.07) is 0. The minimum Gasteiger partial charge on any atom is -1.00 e. The normalized spacial score (nSPS) is 6.43. The quantitative estimate of drug-likeness (QED) is 0.335. The molecular formula is C10H18Cl3Ti. The van der Waals surface area contributed by atoms with E-state index in [0.29, 0.717) is 0 Å². The molecule has 83 valence electrons. The van der Waals surface area contributed by atoms with Gasteiger partial charge in [0.2, 0.25) is 0 Å². The first kappa shape index (κ1) is 29.4. The second kappa shape index (κ2) is 14.1. The van der Waals surface area contributed by atoms with E-state index in [-0.39, 0.29) is 58.9 Å². The molecule has 0 aromatic carbocycles. The summed E-state index contributed by atoms with van der Waals surface area (Å²) in [6.07, 6.45) is 0. The van der Waals surface area contributed by atoms with Crippen LogP contribution < -0.4 is 37.2 Å². The zero-order valence-electron chi connectivity index (χ0n) is 9.63. The maximum absolute atomic E-state index is 2.18. The van der Waals surface area contributed by atoms with Gasteiger partial charge in [0.1, 0.15) is 0 Å². The molecule has 0 atom stereocenters. The Morgan fingerprint density at radius 1 is 0.500 bits per heavy atom. The Bertz CT molecular complexity index is 166. The average Bonchev–Trinajstić information content (AvgIpc) is 1.84. The molecular weight excluding hydrogens is 274 g/mol. The van der Waals surface area contributed by atoms with Crippen LogP contribution >= 0.6 is 0 Å². The van der Waals surface area contributed by atoms with Gasteiger partial charge in [0.15, 0.2) is 0 Å². The molecule has 14 heavy (non-hydrogen) atoms. The fourth-order valence-electron chi connectivity index (χ4n) is 0.750. The van der Waals surface area contributed by atoms with E-state index in [4.69, 9.17) is 0 Å². The SMILES string of the molecule is CC(C)=C(C)C(C)=C(C)C.[Cl-].[Cl-].[Cl-].[Ti+3]. The molecule has 4 heteroatoms. The minimum absolute atomic E-state index is 0. The Labute approximate surface area is 122 Å². The van der Waals surface area contributed by atoms with E-state index in [0.717, 1.165) is 0 Å². The van der Waals surface area contributed by atoms with Crippen LogP contribution in [0.5, 0.6) is 0 Å². The number of rotatable bonds is 1. The Balaban J connectivity index is -0.0000000675. The molecule has 0 saturated heterocycles. The van der Waals surface area contributed by atoms with Crippen molar-refractivity contribution in [3.8, 4) is 0 Å². The molecule has 0 aliphatic heterocycles. The predicted molar refractivity (Wildman–Crippen MR) is 48.1 cm³/mol. The topological polar surface area (TPSA) is 0 Å². The largest absolute Gasteiger partial charge is 3.00 e. The Morgan fingerprint density at radius 2 is 0.643 bits per heavy atom. The van der Waals surface area contributed by atoms with E-state index < -0.39 is 0 Å². The van der Waals surface area contributed by atoms with Crippen molar-refractivity contribution in [2.75, 3.05) is 0 Å². The molecule has 0 aliphatic carbocycles. The zero-order chi connectivity index (χ0) is 8.31. The number of allylic oxidation sites excluding steroid dienone is 4. The van der Waals surface area contributed by atoms with Crippen LogP contribution in [0.15, 0.2) is 22.3 Å². The van der Waals surface area contributed by atoms with Crippen molar-refractivity contribution in [2.24, 2.45) is 0 Å². The number of hydrogen-bond donors (Lipinski definition) is 0. The van der Waals surface area contributed by atoms with Crippen molar-refractivity contribution in [1.82, 2.24) is 0 Å². The summed E-state index contributed by atoms with van der Waals surface area (Å²) in [5.41, 5.74) is 5.69. The van der Waals surface area contributed by atoms with Crippen molar-refractivity contribution in [3.63, 3.8) is 0 Å². The van der Waals surface area contributed by atoms with Crippen LogP contribution in [0.25, 0.3) is 0 Å². The fraction of sp³-hybridized carbons (Fsp3) is 0.600. The molecule has 0 fully saturated rings. The first-order valence-corrected chi connectivity index (χ1v) is 3.75. The van der Waals surface area contributed by atoms with Gasteiger partial charge in [0, 0.05) is 0 Å². The number of halogens is 3. The van der Waals surface area contributed by atoms with Crippen molar-refractivity contribution in [3.05, 3.63) is 22.3 Å². The van der Waals surface area contributed by atoms with Gasteiger partial charge in [-0.15, -0.1) is 0 Å². The van der Waals surface area contributed by atoms with Crippen LogP contribution in [0.3, 0.4) is 0 Å². The van der Waals surface area contributed by atoms with Gasteiger partial charge in [-0.05, 0) is 52.7 Å². The summed E-state index contributed by atoms with van der Waals surface area (Å²) in [4.78, 5) is 0. The Kier molecular flexibility index (Phi) is 29.6. The summed E-state index contributed by atoms with van der Waals surface area (Å²) in [7, 11) is 0. The average molecular weight is 292 g/mol. The fourth-order valence-corrected chi connectivity index (χ4v) is 0.750. The first-order valence-electron chi connectivity index (χ1n) is 3.75. The van der Waals surface area contributed by atoms with Crippen molar-refractivity contribution >= 4 is 0 Å². The third-order valence-electron chi connectivity index (χ3n) is 2.06. The predicted octanol–water partition coefficient (Wildman–Crippen LogP) is -5.29. The van der Waals surface area contributed by atoms with E-state index in [9.17, 15) is 0 Å². The molecule has 0 aromatic heterocycles. The monoisotopic (exact) mass is 291 g/mol. The molecule has 1 radical (unpaired) electrons. The molecule has 0 nitrogen and oxygen atoms in total. The van der Waals surface area contributed by atoms with Crippen molar-refractivity contribution in [2.45, 2.75) is 41.5 Å². The van der Waals surface area contributed by atoms with Gasteiger partial charge in [-0.25, -0.2) is 0 Å². The standard InChI is InChI=1S/C10H18.3ClH.Ti/c1-7(2)9(5)10(6)8(3)4;;;;/h1-6H3;3*1H;/q;;;;+3/p-3. The van der Waals surface area contributed by atoms with Gasteiger partial charge in [-0.2, -0.15) is 0 Å². The summed E-state index contributed by atoms with van der Waals surface area (Å²) < 4.78 is 0. The van der Waals surface area contributed by atoms with Gasteiger partial charge < -0.3 is 37.2 Å². The van der Waals surface area contributed by atoms with E-state index >= 15 is 0 Å². The molecule has 0 rings (SSSR count).